The van der Waals surface area contributed by atoms with E-state index in [1.54, 1.807) is 0 Å². The predicted molar refractivity (Wildman–Crippen MR) is 71.8 cm³/mol. The zero-order valence-electron chi connectivity index (χ0n) is 10.1. The highest BCUT2D eigenvalue weighted by Gasteiger charge is 2.11. The molecule has 0 amide bonds. The quantitative estimate of drug-likeness (QED) is 0.923. The molecule has 1 N–H and O–H groups in total. The van der Waals surface area contributed by atoms with Gasteiger partial charge in [-0.05, 0) is 28.4 Å². The molecule has 0 fully saturated rings. The lowest BCUT2D eigenvalue weighted by Crippen LogP contribution is -2.07. The van der Waals surface area contributed by atoms with E-state index in [0.717, 1.165) is 15.9 Å². The highest BCUT2D eigenvalue weighted by atomic mass is 79.9. The van der Waals surface area contributed by atoms with Gasteiger partial charge in [0.1, 0.15) is 23.8 Å². The number of aliphatic hydroxyl groups is 1. The first kappa shape index (κ1) is 13.3. The van der Waals surface area contributed by atoms with Gasteiger partial charge in [-0.3, -0.25) is 4.57 Å². The molecule has 0 unspecified atom stereocenters. The van der Waals surface area contributed by atoms with Crippen LogP contribution in [-0.4, -0.2) is 14.7 Å². The Hall–Kier alpha value is -1.17. The number of aryl methyl sites for hydroxylation is 1. The fourth-order valence-corrected chi connectivity index (χ4v) is 2.09. The van der Waals surface area contributed by atoms with Crippen LogP contribution >= 0.6 is 15.9 Å². The minimum Gasteiger partial charge on any atom is -0.388 e. The van der Waals surface area contributed by atoms with E-state index < -0.39 is 0 Å². The average molecular weight is 311 g/mol. The van der Waals surface area contributed by atoms with Crippen molar-refractivity contribution in [3.05, 3.63) is 52.0 Å². The standard InChI is InChI=1S/C13H15BrN2O2/c1-10-13(14)16(12(7-17)15-10)9-18-8-11-5-3-2-4-6-11/h2-6,17H,7-9H2,1H3. The Morgan fingerprint density at radius 1 is 1.33 bits per heavy atom. The van der Waals surface area contributed by atoms with Gasteiger partial charge in [-0.15, -0.1) is 0 Å². The lowest BCUT2D eigenvalue weighted by atomic mass is 10.2. The van der Waals surface area contributed by atoms with Crippen molar-refractivity contribution < 1.29 is 9.84 Å². The number of aliphatic hydroxyl groups excluding tert-OH is 1. The van der Waals surface area contributed by atoms with Crippen molar-refractivity contribution in [3.63, 3.8) is 0 Å². The molecule has 18 heavy (non-hydrogen) atoms. The van der Waals surface area contributed by atoms with Crippen LogP contribution in [0.1, 0.15) is 17.1 Å². The number of halogens is 1. The number of hydrogen-bond acceptors (Lipinski definition) is 3. The SMILES string of the molecule is Cc1nc(CO)n(COCc2ccccc2)c1Br. The molecule has 2 aromatic rings. The van der Waals surface area contributed by atoms with Crippen LogP contribution in [0.5, 0.6) is 0 Å². The Morgan fingerprint density at radius 2 is 2.06 bits per heavy atom. The minimum absolute atomic E-state index is 0.0961. The lowest BCUT2D eigenvalue weighted by Gasteiger charge is -2.09. The monoisotopic (exact) mass is 310 g/mol. The van der Waals surface area contributed by atoms with Crippen LogP contribution in [0.3, 0.4) is 0 Å². The van der Waals surface area contributed by atoms with Gasteiger partial charge in [-0.25, -0.2) is 4.98 Å². The summed E-state index contributed by atoms with van der Waals surface area (Å²) in [4.78, 5) is 4.24. The fraction of sp³-hybridized carbons (Fsp3) is 0.308. The summed E-state index contributed by atoms with van der Waals surface area (Å²) in [6.07, 6.45) is 0. The van der Waals surface area contributed by atoms with Gasteiger partial charge < -0.3 is 9.84 Å². The zero-order chi connectivity index (χ0) is 13.0. The Morgan fingerprint density at radius 3 is 2.72 bits per heavy atom. The second-order valence-corrected chi connectivity index (χ2v) is 4.70. The Bertz CT molecular complexity index is 511. The molecule has 96 valence electrons. The number of hydrogen-bond donors (Lipinski definition) is 1. The summed E-state index contributed by atoms with van der Waals surface area (Å²) >= 11 is 3.44. The summed E-state index contributed by atoms with van der Waals surface area (Å²) in [6, 6.07) is 9.97. The molecule has 0 bridgehead atoms. The molecule has 0 spiro atoms. The first-order valence-corrected chi connectivity index (χ1v) is 6.45. The number of imidazole rings is 1. The van der Waals surface area contributed by atoms with E-state index in [9.17, 15) is 5.11 Å². The van der Waals surface area contributed by atoms with E-state index in [-0.39, 0.29) is 6.61 Å². The maximum atomic E-state index is 9.21. The van der Waals surface area contributed by atoms with Crippen molar-refractivity contribution in [2.75, 3.05) is 0 Å². The normalized spacial score (nSPS) is 10.8. The van der Waals surface area contributed by atoms with Gasteiger partial charge in [-0.1, -0.05) is 30.3 Å². The van der Waals surface area contributed by atoms with E-state index in [2.05, 4.69) is 20.9 Å². The average Bonchev–Trinajstić information content (AvgIpc) is 2.67. The third kappa shape index (κ3) is 2.98. The van der Waals surface area contributed by atoms with Gasteiger partial charge in [-0.2, -0.15) is 0 Å². The molecular formula is C13H15BrN2O2. The smallest absolute Gasteiger partial charge is 0.137 e. The fourth-order valence-electron chi connectivity index (χ4n) is 1.69. The van der Waals surface area contributed by atoms with Crippen LogP contribution in [0.4, 0.5) is 0 Å². The second-order valence-electron chi connectivity index (χ2n) is 3.95. The van der Waals surface area contributed by atoms with Crippen molar-refractivity contribution in [2.45, 2.75) is 26.9 Å². The van der Waals surface area contributed by atoms with Gasteiger partial charge in [0, 0.05) is 0 Å². The number of nitrogens with zero attached hydrogens (tertiary/aromatic N) is 2. The first-order valence-electron chi connectivity index (χ1n) is 5.66. The first-order chi connectivity index (χ1) is 8.72. The third-order valence-corrected chi connectivity index (χ3v) is 3.62. The van der Waals surface area contributed by atoms with Crippen LogP contribution in [0, 0.1) is 6.92 Å². The summed E-state index contributed by atoms with van der Waals surface area (Å²) in [5, 5.41) is 9.21. The van der Waals surface area contributed by atoms with Crippen LogP contribution < -0.4 is 0 Å². The van der Waals surface area contributed by atoms with Crippen molar-refractivity contribution >= 4 is 15.9 Å². The molecule has 0 aliphatic rings. The number of ether oxygens (including phenoxy) is 1. The summed E-state index contributed by atoms with van der Waals surface area (Å²) in [7, 11) is 0. The molecule has 0 saturated heterocycles. The minimum atomic E-state index is -0.0961. The molecule has 4 nitrogen and oxygen atoms in total. The maximum Gasteiger partial charge on any atom is 0.137 e. The van der Waals surface area contributed by atoms with Crippen LogP contribution in [0.2, 0.25) is 0 Å². The molecule has 1 aromatic heterocycles. The van der Waals surface area contributed by atoms with Gasteiger partial charge in [0.2, 0.25) is 0 Å². The Labute approximate surface area is 114 Å². The predicted octanol–water partition coefficient (Wildman–Crippen LogP) is 2.62. The van der Waals surface area contributed by atoms with Crippen LogP contribution in [0.25, 0.3) is 0 Å². The van der Waals surface area contributed by atoms with Crippen LogP contribution in [-0.2, 0) is 24.7 Å². The lowest BCUT2D eigenvalue weighted by molar-refractivity contribution is 0.0581. The summed E-state index contributed by atoms with van der Waals surface area (Å²) in [5.41, 5.74) is 1.97. The largest absolute Gasteiger partial charge is 0.388 e. The molecule has 5 heteroatoms. The van der Waals surface area contributed by atoms with E-state index in [1.807, 2.05) is 41.8 Å². The van der Waals surface area contributed by atoms with Crippen molar-refractivity contribution in [3.8, 4) is 0 Å². The highest BCUT2D eigenvalue weighted by molar-refractivity contribution is 9.10. The highest BCUT2D eigenvalue weighted by Crippen LogP contribution is 2.18. The molecular weight excluding hydrogens is 296 g/mol. The van der Waals surface area contributed by atoms with Crippen molar-refractivity contribution in [1.29, 1.82) is 0 Å². The molecule has 0 radical (unpaired) electrons. The molecule has 0 atom stereocenters. The van der Waals surface area contributed by atoms with Gasteiger partial charge in [0.25, 0.3) is 0 Å². The van der Waals surface area contributed by atoms with Gasteiger partial charge in [0.05, 0.1) is 12.3 Å². The maximum absolute atomic E-state index is 9.21. The molecule has 0 aliphatic heterocycles. The number of aromatic nitrogens is 2. The Kier molecular flexibility index (Phi) is 4.52. The second kappa shape index (κ2) is 6.13. The van der Waals surface area contributed by atoms with Gasteiger partial charge >= 0.3 is 0 Å². The van der Waals surface area contributed by atoms with E-state index in [1.165, 1.54) is 0 Å². The van der Waals surface area contributed by atoms with Crippen molar-refractivity contribution in [2.24, 2.45) is 0 Å². The molecule has 2 rings (SSSR count). The molecule has 0 aliphatic carbocycles. The van der Waals surface area contributed by atoms with E-state index in [4.69, 9.17) is 4.74 Å². The number of rotatable bonds is 5. The molecule has 0 saturated carbocycles. The zero-order valence-corrected chi connectivity index (χ0v) is 11.7. The topological polar surface area (TPSA) is 47.3 Å². The van der Waals surface area contributed by atoms with Gasteiger partial charge in [0.15, 0.2) is 0 Å². The van der Waals surface area contributed by atoms with Crippen LogP contribution in [0.15, 0.2) is 34.9 Å². The van der Waals surface area contributed by atoms with E-state index in [0.29, 0.717) is 19.2 Å². The Balaban J connectivity index is 1.98. The number of benzene rings is 1. The summed E-state index contributed by atoms with van der Waals surface area (Å²) in [5.74, 6) is 0.604. The molecule has 1 heterocycles. The summed E-state index contributed by atoms with van der Waals surface area (Å²) < 4.78 is 8.29. The molecule has 1 aromatic carbocycles. The third-order valence-electron chi connectivity index (χ3n) is 2.62. The van der Waals surface area contributed by atoms with Crippen molar-refractivity contribution in [1.82, 2.24) is 9.55 Å². The summed E-state index contributed by atoms with van der Waals surface area (Å²) in [6.45, 7) is 2.69. The van der Waals surface area contributed by atoms with E-state index >= 15 is 0 Å².